The average Bonchev–Trinajstić information content (AvgIpc) is 2.63. The molecule has 3 rings (SSSR count). The average molecular weight is 385 g/mol. The molecule has 0 unspecified atom stereocenters. The second-order valence-electron chi connectivity index (χ2n) is 7.54. The molecule has 0 saturated carbocycles. The minimum Gasteiger partial charge on any atom is -0.395 e. The van der Waals surface area contributed by atoms with E-state index < -0.39 is 6.67 Å². The van der Waals surface area contributed by atoms with E-state index in [1.807, 2.05) is 20.8 Å². The molecule has 3 heterocycles. The zero-order valence-electron chi connectivity index (χ0n) is 16.2. The summed E-state index contributed by atoms with van der Waals surface area (Å²) in [5.74, 6) is 1.39. The van der Waals surface area contributed by atoms with Crippen LogP contribution in [0.25, 0.3) is 10.8 Å². The number of pyridine rings is 3. The molecule has 0 saturated heterocycles. The largest absolute Gasteiger partial charge is 0.395 e. The van der Waals surface area contributed by atoms with Crippen LogP contribution in [0.15, 0.2) is 41.5 Å². The maximum absolute atomic E-state index is 12.9. The second kappa shape index (κ2) is 7.93. The number of hydrogen-bond acceptors (Lipinski definition) is 6. The number of anilines is 3. The zero-order valence-corrected chi connectivity index (χ0v) is 16.2. The van der Waals surface area contributed by atoms with Crippen LogP contribution in [0.2, 0.25) is 0 Å². The Morgan fingerprint density at radius 1 is 1.21 bits per heavy atom. The van der Waals surface area contributed by atoms with Crippen LogP contribution in [0.4, 0.5) is 21.8 Å². The molecule has 0 fully saturated rings. The fraction of sp³-hybridized carbons (Fsp3) is 0.350. The highest BCUT2D eigenvalue weighted by molar-refractivity contribution is 5.93. The van der Waals surface area contributed by atoms with Crippen molar-refractivity contribution in [3.8, 4) is 0 Å². The molecule has 3 aromatic rings. The number of alkyl halides is 1. The molecule has 148 valence electrons. The normalized spacial score (nSPS) is 11.6. The summed E-state index contributed by atoms with van der Waals surface area (Å²) in [6.45, 7) is 5.43. The molecule has 3 N–H and O–H groups in total. The van der Waals surface area contributed by atoms with Gasteiger partial charge in [-0.1, -0.05) is 0 Å². The van der Waals surface area contributed by atoms with Crippen molar-refractivity contribution in [1.29, 1.82) is 0 Å². The highest BCUT2D eigenvalue weighted by Gasteiger charge is 2.17. The molecular weight excluding hydrogens is 361 g/mol. The van der Waals surface area contributed by atoms with E-state index in [1.54, 1.807) is 30.5 Å². The van der Waals surface area contributed by atoms with Gasteiger partial charge >= 0.3 is 0 Å². The van der Waals surface area contributed by atoms with Crippen molar-refractivity contribution in [2.75, 3.05) is 17.2 Å². The molecule has 0 amide bonds. The standard InChI is InChI=1S/C20H24FN5O2/c1-20(2,3)25-18-17-14(5-7-26(8-9-27)19(17)28)11-16(24-18)23-15-10-13(12-21)4-6-22-15/h4-7,10-11,27H,8-9,12H2,1-3H3,(H2,22,23,24,25). The summed E-state index contributed by atoms with van der Waals surface area (Å²) in [5.41, 5.74) is -0.0391. The summed E-state index contributed by atoms with van der Waals surface area (Å²) < 4.78 is 14.4. The maximum Gasteiger partial charge on any atom is 0.262 e. The van der Waals surface area contributed by atoms with E-state index in [1.165, 1.54) is 10.8 Å². The lowest BCUT2D eigenvalue weighted by Crippen LogP contribution is -2.29. The quantitative estimate of drug-likeness (QED) is 0.603. The van der Waals surface area contributed by atoms with E-state index in [2.05, 4.69) is 20.6 Å². The minimum atomic E-state index is -0.580. The highest BCUT2D eigenvalue weighted by Crippen LogP contribution is 2.26. The van der Waals surface area contributed by atoms with E-state index in [4.69, 9.17) is 0 Å². The number of rotatable bonds is 6. The molecular formula is C20H24FN5O2. The number of nitrogens with one attached hydrogen (secondary N) is 2. The van der Waals surface area contributed by atoms with Crippen LogP contribution in [0.5, 0.6) is 0 Å². The summed E-state index contributed by atoms with van der Waals surface area (Å²) in [6, 6.07) is 6.77. The Labute approximate surface area is 162 Å². The van der Waals surface area contributed by atoms with Crippen molar-refractivity contribution in [3.63, 3.8) is 0 Å². The smallest absolute Gasteiger partial charge is 0.262 e. The monoisotopic (exact) mass is 385 g/mol. The molecule has 7 nitrogen and oxygen atoms in total. The van der Waals surface area contributed by atoms with Crippen LogP contribution in [-0.2, 0) is 13.2 Å². The summed E-state index contributed by atoms with van der Waals surface area (Å²) in [5, 5.41) is 16.7. The van der Waals surface area contributed by atoms with Gasteiger partial charge in [0.15, 0.2) is 0 Å². The third-order valence-corrected chi connectivity index (χ3v) is 4.03. The first-order valence-electron chi connectivity index (χ1n) is 9.02. The van der Waals surface area contributed by atoms with Crippen molar-refractivity contribution >= 4 is 28.2 Å². The third-order valence-electron chi connectivity index (χ3n) is 4.03. The molecule has 0 radical (unpaired) electrons. The topological polar surface area (TPSA) is 92.1 Å². The molecule has 28 heavy (non-hydrogen) atoms. The Balaban J connectivity index is 2.12. The Hall–Kier alpha value is -3.00. The first kappa shape index (κ1) is 19.8. The predicted molar refractivity (Wildman–Crippen MR) is 109 cm³/mol. The van der Waals surface area contributed by atoms with Crippen LogP contribution >= 0.6 is 0 Å². The van der Waals surface area contributed by atoms with Gasteiger partial charge in [0.2, 0.25) is 0 Å². The van der Waals surface area contributed by atoms with Crippen LogP contribution in [0.1, 0.15) is 26.3 Å². The van der Waals surface area contributed by atoms with Gasteiger partial charge in [-0.3, -0.25) is 4.79 Å². The molecule has 0 aliphatic heterocycles. The molecule has 0 bridgehead atoms. The van der Waals surface area contributed by atoms with Gasteiger partial charge in [0.25, 0.3) is 5.56 Å². The Bertz CT molecular complexity index is 1040. The Kier molecular flexibility index (Phi) is 5.60. The van der Waals surface area contributed by atoms with E-state index >= 15 is 0 Å². The lowest BCUT2D eigenvalue weighted by atomic mass is 10.1. The van der Waals surface area contributed by atoms with Gasteiger partial charge in [-0.05, 0) is 56.0 Å². The molecule has 0 spiro atoms. The van der Waals surface area contributed by atoms with Gasteiger partial charge in [-0.2, -0.15) is 0 Å². The first-order chi connectivity index (χ1) is 13.3. The van der Waals surface area contributed by atoms with Crippen molar-refractivity contribution in [2.45, 2.75) is 39.5 Å². The number of aliphatic hydroxyl groups excluding tert-OH is 1. The predicted octanol–water partition coefficient (Wildman–Crippen LogP) is 3.21. The summed E-state index contributed by atoms with van der Waals surface area (Å²) in [4.78, 5) is 21.6. The van der Waals surface area contributed by atoms with E-state index in [9.17, 15) is 14.3 Å². The maximum atomic E-state index is 12.9. The summed E-state index contributed by atoms with van der Waals surface area (Å²) >= 11 is 0. The van der Waals surface area contributed by atoms with Gasteiger partial charge < -0.3 is 20.3 Å². The highest BCUT2D eigenvalue weighted by atomic mass is 19.1. The summed E-state index contributed by atoms with van der Waals surface area (Å²) in [6.07, 6.45) is 3.17. The molecule has 0 atom stereocenters. The van der Waals surface area contributed by atoms with Crippen molar-refractivity contribution in [1.82, 2.24) is 14.5 Å². The third kappa shape index (κ3) is 4.45. The van der Waals surface area contributed by atoms with Crippen LogP contribution < -0.4 is 16.2 Å². The van der Waals surface area contributed by atoms with Crippen LogP contribution in [0, 0.1) is 0 Å². The number of aromatic nitrogens is 3. The summed E-state index contributed by atoms with van der Waals surface area (Å²) in [7, 11) is 0. The second-order valence-corrected chi connectivity index (χ2v) is 7.54. The lowest BCUT2D eigenvalue weighted by molar-refractivity contribution is 0.274. The number of nitrogens with zero attached hydrogens (tertiary/aromatic N) is 3. The fourth-order valence-electron chi connectivity index (χ4n) is 2.85. The Morgan fingerprint density at radius 2 is 2.00 bits per heavy atom. The molecule has 3 aromatic heterocycles. The van der Waals surface area contributed by atoms with Gasteiger partial charge in [-0.25, -0.2) is 14.4 Å². The van der Waals surface area contributed by atoms with E-state index in [0.717, 1.165) is 0 Å². The van der Waals surface area contributed by atoms with E-state index in [-0.39, 0.29) is 24.2 Å². The van der Waals surface area contributed by atoms with Crippen molar-refractivity contribution in [3.05, 3.63) is 52.6 Å². The minimum absolute atomic E-state index is 0.128. The number of hydrogen-bond donors (Lipinski definition) is 3. The number of aliphatic hydroxyl groups is 1. The van der Waals surface area contributed by atoms with Crippen molar-refractivity contribution in [2.24, 2.45) is 0 Å². The SMILES string of the molecule is CC(C)(C)Nc1nc(Nc2cc(CF)ccn2)cc2ccn(CCO)c(=O)c12. The molecule has 0 aliphatic rings. The zero-order chi connectivity index (χ0) is 20.3. The van der Waals surface area contributed by atoms with Crippen LogP contribution in [0.3, 0.4) is 0 Å². The van der Waals surface area contributed by atoms with Gasteiger partial charge in [0.05, 0.1) is 12.0 Å². The van der Waals surface area contributed by atoms with Gasteiger partial charge in [0, 0.05) is 24.5 Å². The molecule has 0 aliphatic carbocycles. The van der Waals surface area contributed by atoms with Crippen LogP contribution in [-0.4, -0.2) is 31.8 Å². The van der Waals surface area contributed by atoms with Crippen molar-refractivity contribution < 1.29 is 9.50 Å². The van der Waals surface area contributed by atoms with Gasteiger partial charge in [-0.15, -0.1) is 0 Å². The fourth-order valence-corrected chi connectivity index (χ4v) is 2.85. The van der Waals surface area contributed by atoms with E-state index in [0.29, 0.717) is 33.8 Å². The Morgan fingerprint density at radius 3 is 2.68 bits per heavy atom. The number of halogens is 1. The number of fused-ring (bicyclic) bond motifs is 1. The first-order valence-corrected chi connectivity index (χ1v) is 9.02. The molecule has 8 heteroatoms. The lowest BCUT2D eigenvalue weighted by Gasteiger charge is -2.23. The van der Waals surface area contributed by atoms with Gasteiger partial charge in [0.1, 0.15) is 24.1 Å². The molecule has 0 aromatic carbocycles.